The molecule has 0 saturated carbocycles. The van der Waals surface area contributed by atoms with Gasteiger partial charge in [0.25, 0.3) is 0 Å². The maximum Gasteiger partial charge on any atom is 0.129 e. The Morgan fingerprint density at radius 1 is 1.29 bits per heavy atom. The SMILES string of the molecule is CCc1cc(NCCc2ccn(C)n2)ncn1. The summed E-state index contributed by atoms with van der Waals surface area (Å²) in [5.74, 6) is 0.882. The van der Waals surface area contributed by atoms with Crippen molar-refractivity contribution in [1.29, 1.82) is 0 Å². The Hall–Kier alpha value is -1.91. The van der Waals surface area contributed by atoms with E-state index in [1.165, 1.54) is 0 Å². The summed E-state index contributed by atoms with van der Waals surface area (Å²) >= 11 is 0. The molecule has 2 aromatic heterocycles. The number of hydrogen-bond donors (Lipinski definition) is 1. The minimum Gasteiger partial charge on any atom is -0.370 e. The van der Waals surface area contributed by atoms with Gasteiger partial charge in [0.15, 0.2) is 0 Å². The second kappa shape index (κ2) is 5.43. The molecule has 0 unspecified atom stereocenters. The first kappa shape index (κ1) is 11.6. The molecule has 1 N–H and O–H groups in total. The Labute approximate surface area is 101 Å². The van der Waals surface area contributed by atoms with Gasteiger partial charge in [-0.1, -0.05) is 6.92 Å². The molecule has 17 heavy (non-hydrogen) atoms. The van der Waals surface area contributed by atoms with Gasteiger partial charge in [-0.05, 0) is 12.5 Å². The van der Waals surface area contributed by atoms with Crippen molar-refractivity contribution in [2.75, 3.05) is 11.9 Å². The lowest BCUT2D eigenvalue weighted by atomic mass is 10.3. The zero-order valence-corrected chi connectivity index (χ0v) is 10.2. The third-order valence-electron chi connectivity index (χ3n) is 2.54. The number of aryl methyl sites for hydroxylation is 2. The normalized spacial score (nSPS) is 10.5. The molecular weight excluding hydrogens is 214 g/mol. The molecule has 0 aliphatic carbocycles. The molecule has 2 aromatic rings. The van der Waals surface area contributed by atoms with Gasteiger partial charge in [-0.3, -0.25) is 4.68 Å². The molecule has 0 amide bonds. The Morgan fingerprint density at radius 3 is 2.88 bits per heavy atom. The van der Waals surface area contributed by atoms with Gasteiger partial charge in [-0.2, -0.15) is 5.10 Å². The van der Waals surface area contributed by atoms with E-state index in [4.69, 9.17) is 0 Å². The van der Waals surface area contributed by atoms with Crippen LogP contribution in [0.3, 0.4) is 0 Å². The molecule has 2 heterocycles. The first-order chi connectivity index (χ1) is 8.28. The zero-order chi connectivity index (χ0) is 12.1. The largest absolute Gasteiger partial charge is 0.370 e. The average Bonchev–Trinajstić information content (AvgIpc) is 2.75. The van der Waals surface area contributed by atoms with Crippen LogP contribution in [0.25, 0.3) is 0 Å². The van der Waals surface area contributed by atoms with E-state index in [1.807, 2.05) is 30.1 Å². The van der Waals surface area contributed by atoms with Crippen LogP contribution in [0.15, 0.2) is 24.7 Å². The highest BCUT2D eigenvalue weighted by Crippen LogP contribution is 2.04. The third kappa shape index (κ3) is 3.27. The lowest BCUT2D eigenvalue weighted by Gasteiger charge is -2.04. The van der Waals surface area contributed by atoms with Crippen LogP contribution in [0.4, 0.5) is 5.82 Å². The molecule has 5 nitrogen and oxygen atoms in total. The molecule has 90 valence electrons. The summed E-state index contributed by atoms with van der Waals surface area (Å²) < 4.78 is 1.81. The van der Waals surface area contributed by atoms with Crippen molar-refractivity contribution in [2.24, 2.45) is 7.05 Å². The van der Waals surface area contributed by atoms with E-state index in [1.54, 1.807) is 6.33 Å². The number of nitrogens with one attached hydrogen (secondary N) is 1. The van der Waals surface area contributed by atoms with Gasteiger partial charge in [0.1, 0.15) is 12.1 Å². The number of nitrogens with zero attached hydrogens (tertiary/aromatic N) is 4. The molecule has 2 rings (SSSR count). The Morgan fingerprint density at radius 2 is 2.18 bits per heavy atom. The van der Waals surface area contributed by atoms with Crippen LogP contribution in [0.1, 0.15) is 18.3 Å². The first-order valence-electron chi connectivity index (χ1n) is 5.81. The van der Waals surface area contributed by atoms with Gasteiger partial charge >= 0.3 is 0 Å². The van der Waals surface area contributed by atoms with Gasteiger partial charge in [0.05, 0.1) is 5.69 Å². The fourth-order valence-corrected chi connectivity index (χ4v) is 1.60. The van der Waals surface area contributed by atoms with Crippen LogP contribution in [0.5, 0.6) is 0 Å². The first-order valence-corrected chi connectivity index (χ1v) is 5.81. The molecule has 0 spiro atoms. The van der Waals surface area contributed by atoms with Crippen molar-refractivity contribution in [3.8, 4) is 0 Å². The maximum absolute atomic E-state index is 4.32. The topological polar surface area (TPSA) is 55.6 Å². The number of anilines is 1. The number of hydrogen-bond acceptors (Lipinski definition) is 4. The van der Waals surface area contributed by atoms with Gasteiger partial charge in [-0.15, -0.1) is 0 Å². The fourth-order valence-electron chi connectivity index (χ4n) is 1.60. The van der Waals surface area contributed by atoms with Gasteiger partial charge in [0, 0.05) is 38.0 Å². The van der Waals surface area contributed by atoms with Crippen molar-refractivity contribution in [3.63, 3.8) is 0 Å². The Kier molecular flexibility index (Phi) is 3.69. The smallest absolute Gasteiger partial charge is 0.129 e. The number of aromatic nitrogens is 4. The second-order valence-corrected chi connectivity index (χ2v) is 3.91. The third-order valence-corrected chi connectivity index (χ3v) is 2.54. The summed E-state index contributed by atoms with van der Waals surface area (Å²) in [6, 6.07) is 4.01. The maximum atomic E-state index is 4.32. The van der Waals surface area contributed by atoms with E-state index in [0.29, 0.717) is 0 Å². The van der Waals surface area contributed by atoms with Crippen molar-refractivity contribution in [1.82, 2.24) is 19.7 Å². The van der Waals surface area contributed by atoms with E-state index in [2.05, 4.69) is 27.3 Å². The lowest BCUT2D eigenvalue weighted by Crippen LogP contribution is -2.07. The minimum atomic E-state index is 0.831. The standard InChI is InChI=1S/C12H17N5/c1-3-10-8-12(15-9-14-10)13-6-4-11-5-7-17(2)16-11/h5,7-9H,3-4,6H2,1-2H3,(H,13,14,15). The lowest BCUT2D eigenvalue weighted by molar-refractivity contribution is 0.742. The summed E-state index contributed by atoms with van der Waals surface area (Å²) in [6.07, 6.45) is 5.38. The highest BCUT2D eigenvalue weighted by atomic mass is 15.2. The van der Waals surface area contributed by atoms with Crippen LogP contribution < -0.4 is 5.32 Å². The molecule has 0 aliphatic heterocycles. The molecule has 5 heteroatoms. The molecule has 0 aromatic carbocycles. The monoisotopic (exact) mass is 231 g/mol. The van der Waals surface area contributed by atoms with E-state index in [-0.39, 0.29) is 0 Å². The highest BCUT2D eigenvalue weighted by Gasteiger charge is 1.99. The van der Waals surface area contributed by atoms with E-state index in [0.717, 1.165) is 36.6 Å². The second-order valence-electron chi connectivity index (χ2n) is 3.91. The molecule has 0 aliphatic rings. The molecule has 0 saturated heterocycles. The van der Waals surface area contributed by atoms with Crippen LogP contribution >= 0.6 is 0 Å². The Balaban J connectivity index is 1.85. The van der Waals surface area contributed by atoms with Crippen LogP contribution in [-0.2, 0) is 19.9 Å². The summed E-state index contributed by atoms with van der Waals surface area (Å²) in [5.41, 5.74) is 2.14. The van der Waals surface area contributed by atoms with Crippen LogP contribution in [0, 0.1) is 0 Å². The quantitative estimate of drug-likeness (QED) is 0.845. The molecule has 0 bridgehead atoms. The average molecular weight is 231 g/mol. The predicted molar refractivity (Wildman–Crippen MR) is 66.8 cm³/mol. The summed E-state index contributed by atoms with van der Waals surface area (Å²) in [6.45, 7) is 2.91. The summed E-state index contributed by atoms with van der Waals surface area (Å²) in [7, 11) is 1.93. The van der Waals surface area contributed by atoms with E-state index in [9.17, 15) is 0 Å². The molecule has 0 atom stereocenters. The van der Waals surface area contributed by atoms with Crippen LogP contribution in [0.2, 0.25) is 0 Å². The number of rotatable bonds is 5. The van der Waals surface area contributed by atoms with Gasteiger partial charge < -0.3 is 5.32 Å². The van der Waals surface area contributed by atoms with Crippen LogP contribution in [-0.4, -0.2) is 26.3 Å². The molecule has 0 radical (unpaired) electrons. The highest BCUT2D eigenvalue weighted by molar-refractivity contribution is 5.34. The summed E-state index contributed by atoms with van der Waals surface area (Å²) in [5, 5.41) is 7.60. The van der Waals surface area contributed by atoms with Crippen molar-refractivity contribution >= 4 is 5.82 Å². The Bertz CT molecular complexity index is 477. The molecular formula is C12H17N5. The molecule has 0 fully saturated rings. The minimum absolute atomic E-state index is 0.831. The van der Waals surface area contributed by atoms with Crippen molar-refractivity contribution in [3.05, 3.63) is 36.0 Å². The predicted octanol–water partition coefficient (Wildman–Crippen LogP) is 1.43. The van der Waals surface area contributed by atoms with Gasteiger partial charge in [-0.25, -0.2) is 9.97 Å². The van der Waals surface area contributed by atoms with E-state index >= 15 is 0 Å². The van der Waals surface area contributed by atoms with Gasteiger partial charge in [0.2, 0.25) is 0 Å². The summed E-state index contributed by atoms with van der Waals surface area (Å²) in [4.78, 5) is 8.34. The zero-order valence-electron chi connectivity index (χ0n) is 10.2. The van der Waals surface area contributed by atoms with Crippen molar-refractivity contribution < 1.29 is 0 Å². The van der Waals surface area contributed by atoms with Crippen molar-refractivity contribution in [2.45, 2.75) is 19.8 Å². The fraction of sp³-hybridized carbons (Fsp3) is 0.417. The van der Waals surface area contributed by atoms with E-state index < -0.39 is 0 Å².